The maximum Gasteiger partial charge on any atom is 0.209 e. The van der Waals surface area contributed by atoms with Gasteiger partial charge in [-0.25, -0.2) is 4.68 Å². The van der Waals surface area contributed by atoms with Gasteiger partial charge >= 0.3 is 0 Å². The predicted molar refractivity (Wildman–Crippen MR) is 70.3 cm³/mol. The van der Waals surface area contributed by atoms with Crippen molar-refractivity contribution in [2.24, 2.45) is 0 Å². The maximum absolute atomic E-state index is 8.93. The Morgan fingerprint density at radius 1 is 1.42 bits per heavy atom. The second-order valence-electron chi connectivity index (χ2n) is 4.26. The number of rotatable bonds is 5. The van der Waals surface area contributed by atoms with E-state index in [0.29, 0.717) is 19.1 Å². The van der Waals surface area contributed by atoms with Gasteiger partial charge in [0.15, 0.2) is 0 Å². The Hall–Kier alpha value is -1.60. The minimum Gasteiger partial charge on any atom is -0.493 e. The lowest BCUT2D eigenvalue weighted by Gasteiger charge is -2.07. The van der Waals surface area contributed by atoms with E-state index in [9.17, 15) is 0 Å². The summed E-state index contributed by atoms with van der Waals surface area (Å²) in [4.78, 5) is 0. The summed E-state index contributed by atoms with van der Waals surface area (Å²) in [5, 5.41) is 21.1. The molecule has 1 aromatic carbocycles. The number of hydrogen-bond acceptors (Lipinski definition) is 6. The second kappa shape index (κ2) is 5.58. The van der Waals surface area contributed by atoms with Crippen molar-refractivity contribution in [2.75, 3.05) is 19.0 Å². The molecule has 3 rings (SSSR count). The number of nitrogens with zero attached hydrogens (tertiary/aromatic N) is 4. The number of aromatic nitrogens is 4. The minimum absolute atomic E-state index is 0.0357. The summed E-state index contributed by atoms with van der Waals surface area (Å²) in [6, 6.07) is 8.11. The molecule has 1 N–H and O–H groups in total. The van der Waals surface area contributed by atoms with Crippen LogP contribution in [-0.4, -0.2) is 44.3 Å². The molecule has 1 atom stereocenters. The Kier molecular flexibility index (Phi) is 3.65. The number of thioether (sulfide) groups is 1. The van der Waals surface area contributed by atoms with Crippen molar-refractivity contribution in [3.05, 3.63) is 29.8 Å². The SMILES string of the molecule is OCCn1nnnc1SCC1COc2ccccc21. The average molecular weight is 278 g/mol. The highest BCUT2D eigenvalue weighted by molar-refractivity contribution is 7.99. The van der Waals surface area contributed by atoms with Crippen LogP contribution in [-0.2, 0) is 6.54 Å². The van der Waals surface area contributed by atoms with Gasteiger partial charge in [0, 0.05) is 17.2 Å². The zero-order valence-corrected chi connectivity index (χ0v) is 11.1. The highest BCUT2D eigenvalue weighted by Crippen LogP contribution is 2.36. The zero-order chi connectivity index (χ0) is 13.1. The molecule has 1 aliphatic heterocycles. The summed E-state index contributed by atoms with van der Waals surface area (Å²) in [6.07, 6.45) is 0. The summed E-state index contributed by atoms with van der Waals surface area (Å²) in [7, 11) is 0. The fourth-order valence-electron chi connectivity index (χ4n) is 2.08. The van der Waals surface area contributed by atoms with Gasteiger partial charge in [-0.1, -0.05) is 30.0 Å². The molecule has 100 valence electrons. The molecule has 6 nitrogen and oxygen atoms in total. The van der Waals surface area contributed by atoms with Crippen LogP contribution in [0.4, 0.5) is 0 Å². The number of aliphatic hydroxyl groups is 1. The van der Waals surface area contributed by atoms with E-state index in [1.807, 2.05) is 18.2 Å². The molecule has 19 heavy (non-hydrogen) atoms. The lowest BCUT2D eigenvalue weighted by atomic mass is 10.0. The molecule has 0 saturated carbocycles. The summed E-state index contributed by atoms with van der Waals surface area (Å²) in [5.74, 6) is 2.20. The van der Waals surface area contributed by atoms with Crippen LogP contribution in [0, 0.1) is 0 Å². The van der Waals surface area contributed by atoms with E-state index in [2.05, 4.69) is 21.6 Å². The van der Waals surface area contributed by atoms with Crippen molar-refractivity contribution in [3.8, 4) is 5.75 Å². The zero-order valence-electron chi connectivity index (χ0n) is 10.3. The van der Waals surface area contributed by atoms with Crippen LogP contribution in [0.1, 0.15) is 11.5 Å². The third-order valence-corrected chi connectivity index (χ3v) is 4.14. The van der Waals surface area contributed by atoms with Gasteiger partial charge in [0.05, 0.1) is 19.8 Å². The number of ether oxygens (including phenoxy) is 1. The third kappa shape index (κ3) is 2.57. The standard InChI is InChI=1S/C12H14N4O2S/c17-6-5-16-12(13-14-15-16)19-8-9-7-18-11-4-2-1-3-10(9)11/h1-4,9,17H,5-8H2. The van der Waals surface area contributed by atoms with Crippen LogP contribution >= 0.6 is 11.8 Å². The molecule has 1 unspecified atom stereocenters. The van der Waals surface area contributed by atoms with Crippen molar-refractivity contribution < 1.29 is 9.84 Å². The Bertz CT molecular complexity index is 560. The maximum atomic E-state index is 8.93. The van der Waals surface area contributed by atoms with Crippen molar-refractivity contribution in [1.82, 2.24) is 20.2 Å². The van der Waals surface area contributed by atoms with Gasteiger partial charge in [-0.05, 0) is 16.5 Å². The molecule has 1 aliphatic rings. The average Bonchev–Trinajstić information content (AvgIpc) is 3.04. The van der Waals surface area contributed by atoms with Gasteiger partial charge in [0.25, 0.3) is 0 Å². The first-order valence-electron chi connectivity index (χ1n) is 6.10. The van der Waals surface area contributed by atoms with Crippen molar-refractivity contribution in [1.29, 1.82) is 0 Å². The fraction of sp³-hybridized carbons (Fsp3) is 0.417. The van der Waals surface area contributed by atoms with Crippen LogP contribution in [0.5, 0.6) is 5.75 Å². The van der Waals surface area contributed by atoms with Crippen LogP contribution in [0.2, 0.25) is 0 Å². The Balaban J connectivity index is 1.66. The summed E-state index contributed by atoms with van der Waals surface area (Å²) in [5.41, 5.74) is 1.25. The van der Waals surface area contributed by atoms with E-state index in [0.717, 1.165) is 16.7 Å². The van der Waals surface area contributed by atoms with Crippen LogP contribution in [0.15, 0.2) is 29.4 Å². The van der Waals surface area contributed by atoms with Crippen molar-refractivity contribution in [3.63, 3.8) is 0 Å². The Labute approximate surface area is 114 Å². The van der Waals surface area contributed by atoms with E-state index in [1.165, 1.54) is 5.56 Å². The number of tetrazole rings is 1. The molecular formula is C12H14N4O2S. The van der Waals surface area contributed by atoms with E-state index in [4.69, 9.17) is 9.84 Å². The van der Waals surface area contributed by atoms with Crippen LogP contribution < -0.4 is 4.74 Å². The monoisotopic (exact) mass is 278 g/mol. The molecular weight excluding hydrogens is 264 g/mol. The highest BCUT2D eigenvalue weighted by atomic mass is 32.2. The first kappa shape index (κ1) is 12.4. The van der Waals surface area contributed by atoms with E-state index < -0.39 is 0 Å². The lowest BCUT2D eigenvalue weighted by Crippen LogP contribution is -2.08. The quantitative estimate of drug-likeness (QED) is 0.820. The van der Waals surface area contributed by atoms with E-state index >= 15 is 0 Å². The molecule has 0 fully saturated rings. The lowest BCUT2D eigenvalue weighted by molar-refractivity contribution is 0.262. The molecule has 0 spiro atoms. The number of aliphatic hydroxyl groups excluding tert-OH is 1. The molecule has 0 radical (unpaired) electrons. The van der Waals surface area contributed by atoms with Crippen molar-refractivity contribution in [2.45, 2.75) is 17.6 Å². The second-order valence-corrected chi connectivity index (χ2v) is 5.25. The molecule has 1 aromatic heterocycles. The Morgan fingerprint density at radius 2 is 2.32 bits per heavy atom. The Morgan fingerprint density at radius 3 is 3.21 bits per heavy atom. The van der Waals surface area contributed by atoms with Gasteiger partial charge in [-0.3, -0.25) is 0 Å². The molecule has 0 aliphatic carbocycles. The molecule has 0 saturated heterocycles. The predicted octanol–water partition coefficient (Wildman–Crippen LogP) is 0.934. The van der Waals surface area contributed by atoms with Gasteiger partial charge < -0.3 is 9.84 Å². The smallest absolute Gasteiger partial charge is 0.209 e. The first-order valence-corrected chi connectivity index (χ1v) is 7.08. The number of fused-ring (bicyclic) bond motifs is 1. The normalized spacial score (nSPS) is 17.2. The fourth-order valence-corrected chi connectivity index (χ4v) is 3.07. The number of para-hydroxylation sites is 1. The molecule has 2 aromatic rings. The summed E-state index contributed by atoms with van der Waals surface area (Å²) < 4.78 is 7.26. The largest absolute Gasteiger partial charge is 0.493 e. The van der Waals surface area contributed by atoms with Gasteiger partial charge in [-0.2, -0.15) is 0 Å². The molecule has 7 heteroatoms. The summed E-state index contributed by atoms with van der Waals surface area (Å²) >= 11 is 1.59. The van der Waals surface area contributed by atoms with Gasteiger partial charge in [0.2, 0.25) is 5.16 Å². The van der Waals surface area contributed by atoms with Crippen LogP contribution in [0.25, 0.3) is 0 Å². The van der Waals surface area contributed by atoms with Crippen LogP contribution in [0.3, 0.4) is 0 Å². The number of benzene rings is 1. The molecule has 0 bridgehead atoms. The number of hydrogen-bond donors (Lipinski definition) is 1. The van der Waals surface area contributed by atoms with E-state index in [-0.39, 0.29) is 6.61 Å². The van der Waals surface area contributed by atoms with Gasteiger partial charge in [-0.15, -0.1) is 5.10 Å². The minimum atomic E-state index is 0.0357. The topological polar surface area (TPSA) is 73.1 Å². The van der Waals surface area contributed by atoms with E-state index in [1.54, 1.807) is 16.4 Å². The van der Waals surface area contributed by atoms with Gasteiger partial charge in [0.1, 0.15) is 5.75 Å². The first-order chi connectivity index (χ1) is 9.38. The molecule has 2 heterocycles. The highest BCUT2D eigenvalue weighted by Gasteiger charge is 2.24. The van der Waals surface area contributed by atoms with Crippen molar-refractivity contribution >= 4 is 11.8 Å². The molecule has 0 amide bonds. The summed E-state index contributed by atoms with van der Waals surface area (Å²) in [6.45, 7) is 1.16. The third-order valence-electron chi connectivity index (χ3n) is 3.02.